The summed E-state index contributed by atoms with van der Waals surface area (Å²) < 4.78 is 2.02. The van der Waals surface area contributed by atoms with E-state index in [4.69, 9.17) is 28.2 Å². The van der Waals surface area contributed by atoms with E-state index in [0.29, 0.717) is 54.3 Å². The monoisotopic (exact) mass is 589 g/mol. The van der Waals surface area contributed by atoms with E-state index >= 15 is 0 Å². The molecule has 41 heavy (non-hydrogen) atoms. The lowest BCUT2D eigenvalue weighted by Crippen LogP contribution is -2.52. The van der Waals surface area contributed by atoms with Crippen molar-refractivity contribution in [3.63, 3.8) is 0 Å². The predicted octanol–water partition coefficient (Wildman–Crippen LogP) is 5.35. The summed E-state index contributed by atoms with van der Waals surface area (Å²) in [6.07, 6.45) is 5.83. The van der Waals surface area contributed by atoms with Gasteiger partial charge in [0.15, 0.2) is 0 Å². The van der Waals surface area contributed by atoms with E-state index in [-0.39, 0.29) is 11.9 Å². The summed E-state index contributed by atoms with van der Waals surface area (Å²) in [4.78, 5) is 41.1. The molecule has 4 aromatic rings. The maximum atomic E-state index is 14.4. The van der Waals surface area contributed by atoms with Crippen LogP contribution in [0.5, 0.6) is 0 Å². The summed E-state index contributed by atoms with van der Waals surface area (Å²) >= 11 is 12.7. The van der Waals surface area contributed by atoms with Crippen molar-refractivity contribution in [3.8, 4) is 11.1 Å². The summed E-state index contributed by atoms with van der Waals surface area (Å²) in [5.74, 6) is 1.21. The highest BCUT2D eigenvalue weighted by molar-refractivity contribution is 6.35. The Labute approximate surface area is 248 Å². The number of piperazine rings is 1. The Morgan fingerprint density at radius 2 is 1.68 bits per heavy atom. The number of urea groups is 1. The van der Waals surface area contributed by atoms with Crippen LogP contribution in [0.2, 0.25) is 10.0 Å². The van der Waals surface area contributed by atoms with Crippen LogP contribution in [-0.2, 0) is 16.8 Å². The lowest BCUT2D eigenvalue weighted by molar-refractivity contribution is -0.123. The van der Waals surface area contributed by atoms with E-state index in [9.17, 15) is 9.59 Å². The molecule has 1 saturated heterocycles. The van der Waals surface area contributed by atoms with Crippen molar-refractivity contribution in [2.75, 3.05) is 43.0 Å². The number of benzene rings is 2. The third-order valence-corrected chi connectivity index (χ3v) is 8.23. The van der Waals surface area contributed by atoms with Crippen LogP contribution in [0.3, 0.4) is 0 Å². The van der Waals surface area contributed by atoms with Gasteiger partial charge in [-0.3, -0.25) is 14.3 Å². The molecule has 0 aliphatic carbocycles. The lowest BCUT2D eigenvalue weighted by atomic mass is 9.91. The second kappa shape index (κ2) is 10.7. The average molecular weight is 591 g/mol. The van der Waals surface area contributed by atoms with Crippen LogP contribution in [-0.4, -0.2) is 64.6 Å². The molecule has 0 bridgehead atoms. The Morgan fingerprint density at radius 3 is 2.32 bits per heavy atom. The van der Waals surface area contributed by atoms with Crippen molar-refractivity contribution in [2.45, 2.75) is 18.9 Å². The molecule has 6 rings (SSSR count). The highest BCUT2D eigenvalue weighted by Gasteiger charge is 2.51. The fourth-order valence-electron chi connectivity index (χ4n) is 5.71. The first-order chi connectivity index (χ1) is 19.8. The maximum absolute atomic E-state index is 14.4. The van der Waals surface area contributed by atoms with Gasteiger partial charge in [-0.1, -0.05) is 53.5 Å². The third-order valence-electron chi connectivity index (χ3n) is 7.79. The Morgan fingerprint density at radius 1 is 0.976 bits per heavy atom. The number of anilines is 3. The molecule has 1 fully saturated rings. The van der Waals surface area contributed by atoms with Crippen LogP contribution in [0, 0.1) is 0 Å². The smallest absolute Gasteiger partial charge is 0.317 e. The van der Waals surface area contributed by atoms with Gasteiger partial charge in [-0.25, -0.2) is 14.7 Å². The minimum absolute atomic E-state index is 0.0954. The quantitative estimate of drug-likeness (QED) is 0.339. The molecule has 210 valence electrons. The Balaban J connectivity index is 1.38. The molecule has 11 heteroatoms. The van der Waals surface area contributed by atoms with Crippen molar-refractivity contribution in [1.29, 1.82) is 0 Å². The number of amides is 3. The molecule has 9 nitrogen and oxygen atoms in total. The molecule has 0 saturated carbocycles. The molecule has 4 heterocycles. The van der Waals surface area contributed by atoms with Crippen molar-refractivity contribution in [2.24, 2.45) is 0 Å². The van der Waals surface area contributed by atoms with Crippen molar-refractivity contribution in [1.82, 2.24) is 24.8 Å². The van der Waals surface area contributed by atoms with Crippen LogP contribution in [0.1, 0.15) is 12.5 Å². The molecule has 2 aromatic heterocycles. The minimum Gasteiger partial charge on any atom is -0.353 e. The number of carbonyl (C=O) groups excluding carboxylic acids is 2. The van der Waals surface area contributed by atoms with Gasteiger partial charge in [-0.15, -0.1) is 0 Å². The Hall–Kier alpha value is -4.08. The predicted molar refractivity (Wildman–Crippen MR) is 161 cm³/mol. The average Bonchev–Trinajstić information content (AvgIpc) is 3.50. The molecule has 1 atom stereocenters. The molecular formula is C30H29Cl2N7O2. The highest BCUT2D eigenvalue weighted by atomic mass is 35.5. The first-order valence-corrected chi connectivity index (χ1v) is 14.1. The zero-order valence-corrected chi connectivity index (χ0v) is 24.2. The number of fused-ring (bicyclic) bond motifs is 1. The van der Waals surface area contributed by atoms with Gasteiger partial charge >= 0.3 is 6.03 Å². The van der Waals surface area contributed by atoms with Gasteiger partial charge in [0.1, 0.15) is 11.4 Å². The number of carbonyl (C=O) groups is 2. The van der Waals surface area contributed by atoms with Gasteiger partial charge < -0.3 is 15.1 Å². The molecule has 2 aliphatic heterocycles. The fraction of sp³-hybridized carbons (Fsp3) is 0.267. The highest BCUT2D eigenvalue weighted by Crippen LogP contribution is 2.45. The van der Waals surface area contributed by atoms with Gasteiger partial charge in [-0.2, -0.15) is 0 Å². The summed E-state index contributed by atoms with van der Waals surface area (Å²) in [5, 5.41) is 3.56. The van der Waals surface area contributed by atoms with Crippen LogP contribution < -0.4 is 15.1 Å². The SMILES string of the molecule is CNC(=O)N1CCN(c2cnc3n2[C@](C)(Cc2ccc(-c4cccnc4)cc2)C(=O)N3c2cc(Cl)cc(Cl)c2)CC1. The number of hydrogen-bond donors (Lipinski definition) is 1. The van der Waals surface area contributed by atoms with Crippen LogP contribution in [0.25, 0.3) is 11.1 Å². The molecule has 3 amide bonds. The van der Waals surface area contributed by atoms with Gasteiger partial charge in [0, 0.05) is 62.1 Å². The molecule has 2 aromatic carbocycles. The number of halogens is 2. The first kappa shape index (κ1) is 27.1. The molecular weight excluding hydrogens is 561 g/mol. The van der Waals surface area contributed by atoms with Crippen LogP contribution >= 0.6 is 23.2 Å². The number of pyridine rings is 1. The van der Waals surface area contributed by atoms with E-state index < -0.39 is 5.54 Å². The van der Waals surface area contributed by atoms with Crippen molar-refractivity contribution in [3.05, 3.63) is 88.8 Å². The van der Waals surface area contributed by atoms with Gasteiger partial charge in [-0.05, 0) is 47.9 Å². The van der Waals surface area contributed by atoms with E-state index in [1.807, 2.05) is 29.8 Å². The van der Waals surface area contributed by atoms with Gasteiger partial charge in [0.2, 0.25) is 5.95 Å². The lowest BCUT2D eigenvalue weighted by Gasteiger charge is -2.37. The fourth-order valence-corrected chi connectivity index (χ4v) is 6.23. The molecule has 0 radical (unpaired) electrons. The van der Waals surface area contributed by atoms with Gasteiger partial charge in [0.25, 0.3) is 5.91 Å². The topological polar surface area (TPSA) is 86.6 Å². The minimum atomic E-state index is -0.982. The number of rotatable bonds is 5. The summed E-state index contributed by atoms with van der Waals surface area (Å²) in [6.45, 7) is 4.31. The van der Waals surface area contributed by atoms with Crippen LogP contribution in [0.4, 0.5) is 22.2 Å². The Bertz CT molecular complexity index is 1580. The van der Waals surface area contributed by atoms with E-state index in [1.165, 1.54) is 0 Å². The Kier molecular flexibility index (Phi) is 7.09. The second-order valence-electron chi connectivity index (χ2n) is 10.4. The van der Waals surface area contributed by atoms with Gasteiger partial charge in [0.05, 0.1) is 11.9 Å². The second-order valence-corrected chi connectivity index (χ2v) is 11.3. The molecule has 1 N–H and O–H groups in total. The first-order valence-electron chi connectivity index (χ1n) is 13.4. The number of aromatic nitrogens is 3. The summed E-state index contributed by atoms with van der Waals surface area (Å²) in [5.41, 5.74) is 2.67. The zero-order chi connectivity index (χ0) is 28.7. The van der Waals surface area contributed by atoms with E-state index in [2.05, 4.69) is 39.5 Å². The normalized spacial score (nSPS) is 18.5. The zero-order valence-electron chi connectivity index (χ0n) is 22.7. The maximum Gasteiger partial charge on any atom is 0.317 e. The number of nitrogens with one attached hydrogen (secondary N) is 1. The van der Waals surface area contributed by atoms with Crippen LogP contribution in [0.15, 0.2) is 73.2 Å². The summed E-state index contributed by atoms with van der Waals surface area (Å²) in [6, 6.07) is 17.1. The largest absolute Gasteiger partial charge is 0.353 e. The molecule has 0 spiro atoms. The molecule has 0 unspecified atom stereocenters. The number of imidazole rings is 1. The molecule has 2 aliphatic rings. The number of hydrogen-bond acceptors (Lipinski definition) is 5. The third kappa shape index (κ3) is 4.89. The number of nitrogens with zero attached hydrogens (tertiary/aromatic N) is 6. The van der Waals surface area contributed by atoms with Crippen molar-refractivity contribution >= 4 is 52.6 Å². The van der Waals surface area contributed by atoms with Crippen molar-refractivity contribution < 1.29 is 9.59 Å². The standard InChI is InChI=1S/C30H29Cl2N7O2/c1-30(17-20-5-7-21(8-6-20)22-4-3-9-34-18-22)27(40)38(25-15-23(31)14-24(32)16-25)28-35-19-26(39(28)30)36-10-12-37(13-11-36)29(41)33-2/h3-9,14-16,18-19H,10-13,17H2,1-2H3,(H,33,41)/t30-/m1/s1. The van der Waals surface area contributed by atoms with E-state index in [1.54, 1.807) is 47.4 Å². The summed E-state index contributed by atoms with van der Waals surface area (Å²) in [7, 11) is 1.63. The van der Waals surface area contributed by atoms with E-state index in [0.717, 1.165) is 22.5 Å².